The number of benzene rings is 4. The Morgan fingerprint density at radius 3 is 2.36 bits per heavy atom. The number of nitrogens with zero attached hydrogens (tertiary/aromatic N) is 4. The highest BCUT2D eigenvalue weighted by molar-refractivity contribution is 6.05. The van der Waals surface area contributed by atoms with E-state index in [1.165, 1.54) is 39.9 Å². The zero-order chi connectivity index (χ0) is 37.5. The van der Waals surface area contributed by atoms with Crippen LogP contribution in [0.3, 0.4) is 0 Å². The van der Waals surface area contributed by atoms with Gasteiger partial charge in [-0.05, 0) is 115 Å². The number of carbonyl (C=O) groups excluding carboxylic acids is 3. The molecule has 3 fully saturated rings. The summed E-state index contributed by atoms with van der Waals surface area (Å²) >= 11 is 0. The Morgan fingerprint density at radius 2 is 1.55 bits per heavy atom. The summed E-state index contributed by atoms with van der Waals surface area (Å²) in [7, 11) is 0. The quantitative estimate of drug-likeness (QED) is 0.213. The van der Waals surface area contributed by atoms with Gasteiger partial charge in [-0.2, -0.15) is 0 Å². The molecule has 1 aliphatic carbocycles. The van der Waals surface area contributed by atoms with Crippen LogP contribution in [0, 0.1) is 5.92 Å². The lowest BCUT2D eigenvalue weighted by molar-refractivity contribution is -0.136. The largest absolute Gasteiger partial charge is 0.508 e. The number of nitrogens with one attached hydrogen (secondary N) is 1. The van der Waals surface area contributed by atoms with Crippen molar-refractivity contribution >= 4 is 23.4 Å². The Labute approximate surface area is 323 Å². The minimum Gasteiger partial charge on any atom is -0.508 e. The number of aryl methyl sites for hydroxylation is 1. The Kier molecular flexibility index (Phi) is 9.91. The second kappa shape index (κ2) is 15.3. The van der Waals surface area contributed by atoms with Crippen molar-refractivity contribution in [2.75, 3.05) is 57.3 Å². The summed E-state index contributed by atoms with van der Waals surface area (Å²) in [6.07, 6.45) is 4.81. The van der Waals surface area contributed by atoms with E-state index in [2.05, 4.69) is 92.8 Å². The summed E-state index contributed by atoms with van der Waals surface area (Å²) < 4.78 is 0. The Bertz CT molecular complexity index is 2060. The van der Waals surface area contributed by atoms with Gasteiger partial charge >= 0.3 is 0 Å². The molecule has 5 aliphatic rings. The molecule has 4 heterocycles. The average molecular weight is 738 g/mol. The number of phenols is 1. The van der Waals surface area contributed by atoms with Crippen LogP contribution in [0.5, 0.6) is 5.75 Å². The Morgan fingerprint density at radius 1 is 0.745 bits per heavy atom. The normalized spacial score (nSPS) is 23.6. The fourth-order valence-corrected chi connectivity index (χ4v) is 9.93. The van der Waals surface area contributed by atoms with E-state index < -0.39 is 6.04 Å². The molecule has 0 radical (unpaired) electrons. The molecule has 55 heavy (non-hydrogen) atoms. The van der Waals surface area contributed by atoms with E-state index in [9.17, 15) is 19.5 Å². The van der Waals surface area contributed by atoms with Crippen molar-refractivity contribution in [2.45, 2.75) is 62.9 Å². The highest BCUT2D eigenvalue weighted by atomic mass is 16.3. The molecule has 0 bridgehead atoms. The fraction of sp³-hybridized carbons (Fsp3) is 0.413. The zero-order valence-corrected chi connectivity index (χ0v) is 31.5. The molecule has 284 valence electrons. The van der Waals surface area contributed by atoms with Gasteiger partial charge in [-0.25, -0.2) is 0 Å². The van der Waals surface area contributed by atoms with E-state index in [4.69, 9.17) is 0 Å². The van der Waals surface area contributed by atoms with Crippen molar-refractivity contribution in [1.82, 2.24) is 20.0 Å². The molecule has 9 heteroatoms. The van der Waals surface area contributed by atoms with Crippen molar-refractivity contribution in [2.24, 2.45) is 5.92 Å². The van der Waals surface area contributed by atoms with E-state index in [-0.39, 0.29) is 30.1 Å². The molecule has 3 saturated heterocycles. The minimum absolute atomic E-state index is 0.113. The van der Waals surface area contributed by atoms with Gasteiger partial charge in [-0.15, -0.1) is 0 Å². The molecule has 0 unspecified atom stereocenters. The molecule has 4 aromatic carbocycles. The molecule has 4 aromatic rings. The molecular weight excluding hydrogens is 687 g/mol. The van der Waals surface area contributed by atoms with E-state index >= 15 is 0 Å². The number of amides is 3. The second-order valence-electron chi connectivity index (χ2n) is 16.4. The fourth-order valence-electron chi connectivity index (χ4n) is 9.93. The van der Waals surface area contributed by atoms with Gasteiger partial charge in [-0.3, -0.25) is 19.7 Å². The van der Waals surface area contributed by atoms with Crippen molar-refractivity contribution < 1.29 is 19.5 Å². The molecule has 9 rings (SSSR count). The van der Waals surface area contributed by atoms with Gasteiger partial charge in [0.05, 0.1) is 0 Å². The smallest absolute Gasteiger partial charge is 0.255 e. The van der Waals surface area contributed by atoms with Gasteiger partial charge in [0.1, 0.15) is 11.8 Å². The summed E-state index contributed by atoms with van der Waals surface area (Å²) in [5, 5.41) is 12.6. The molecule has 0 aromatic heterocycles. The highest BCUT2D eigenvalue weighted by Gasteiger charge is 2.39. The van der Waals surface area contributed by atoms with Crippen molar-refractivity contribution in [3.05, 3.63) is 130 Å². The van der Waals surface area contributed by atoms with Gasteiger partial charge < -0.3 is 24.7 Å². The number of aromatic hydroxyl groups is 1. The van der Waals surface area contributed by atoms with Gasteiger partial charge in [-0.1, -0.05) is 60.7 Å². The Balaban J connectivity index is 0.755. The third-order valence-corrected chi connectivity index (χ3v) is 12.9. The number of fused-ring (bicyclic) bond motifs is 2. The first-order valence-corrected chi connectivity index (χ1v) is 20.3. The number of phenolic OH excluding ortho intramolecular Hbond substituents is 1. The van der Waals surface area contributed by atoms with Crippen LogP contribution in [0.4, 0.5) is 5.69 Å². The average Bonchev–Trinajstić information content (AvgIpc) is 3.33. The maximum Gasteiger partial charge on any atom is 0.255 e. The number of hydrogen-bond acceptors (Lipinski definition) is 7. The van der Waals surface area contributed by atoms with Crippen LogP contribution in [0.15, 0.2) is 91.0 Å². The van der Waals surface area contributed by atoms with E-state index in [1.807, 2.05) is 18.2 Å². The van der Waals surface area contributed by atoms with Gasteiger partial charge in [0.2, 0.25) is 11.8 Å². The van der Waals surface area contributed by atoms with Crippen LogP contribution in [0.2, 0.25) is 0 Å². The minimum atomic E-state index is -0.576. The molecule has 0 spiro atoms. The van der Waals surface area contributed by atoms with Gasteiger partial charge in [0, 0.05) is 75.3 Å². The molecule has 0 saturated carbocycles. The van der Waals surface area contributed by atoms with Gasteiger partial charge in [0.25, 0.3) is 5.91 Å². The van der Waals surface area contributed by atoms with E-state index in [0.29, 0.717) is 36.1 Å². The number of anilines is 1. The second-order valence-corrected chi connectivity index (χ2v) is 16.4. The van der Waals surface area contributed by atoms with Crippen molar-refractivity contribution in [1.29, 1.82) is 0 Å². The van der Waals surface area contributed by atoms with Crippen LogP contribution in [-0.4, -0.2) is 95.9 Å². The highest BCUT2D eigenvalue weighted by Crippen LogP contribution is 2.47. The van der Waals surface area contributed by atoms with Crippen LogP contribution in [-0.2, 0) is 29.0 Å². The standard InChI is InChI=1S/C46H51N5O4/c52-38-13-16-40-35(26-38)10-15-39(33-5-2-1-3-6-33)44(40)34-8-11-37(12-9-34)50-28-32(29-50)27-49-21-4-20-48(23-24-49)22-19-31-7-14-41-36(25-31)30-51(46(41)55)42-17-18-43(53)47-45(42)54/h1-3,5-9,11-14,16,25-26,32,39,42,44,52H,4,10,15,17-24,27-30H2,(H,47,53,54)/t39-,42+,44+/m1/s1. The first-order valence-electron chi connectivity index (χ1n) is 20.3. The van der Waals surface area contributed by atoms with Crippen LogP contribution < -0.4 is 10.2 Å². The van der Waals surface area contributed by atoms with Crippen LogP contribution in [0.25, 0.3) is 0 Å². The van der Waals surface area contributed by atoms with E-state index in [0.717, 1.165) is 77.2 Å². The number of rotatable bonds is 9. The van der Waals surface area contributed by atoms with Crippen LogP contribution >= 0.6 is 0 Å². The SMILES string of the molecule is O=C1CC[C@H](N2Cc3cc(CCN4CCCN(CC5CN(c6ccc([C@@H]7c8ccc(O)cc8CC[C@@H]7c7ccccc7)cc6)C5)CC4)ccc3C2=O)C(=O)N1. The number of hydrogen-bond donors (Lipinski definition) is 2. The van der Waals surface area contributed by atoms with Crippen molar-refractivity contribution in [3.8, 4) is 5.75 Å². The summed E-state index contributed by atoms with van der Waals surface area (Å²) in [5.41, 5.74) is 9.52. The summed E-state index contributed by atoms with van der Waals surface area (Å²) in [6, 6.07) is 31.7. The predicted molar refractivity (Wildman–Crippen MR) is 213 cm³/mol. The lowest BCUT2D eigenvalue weighted by Crippen LogP contribution is -2.52. The molecule has 3 amide bonds. The maximum absolute atomic E-state index is 13.1. The molecular formula is C46H51N5O4. The van der Waals surface area contributed by atoms with Gasteiger partial charge in [0.15, 0.2) is 0 Å². The number of carbonyl (C=O) groups is 3. The third kappa shape index (κ3) is 7.40. The van der Waals surface area contributed by atoms with Crippen molar-refractivity contribution in [3.63, 3.8) is 0 Å². The molecule has 3 atom stereocenters. The first-order chi connectivity index (χ1) is 26.9. The zero-order valence-electron chi connectivity index (χ0n) is 31.5. The lowest BCUT2D eigenvalue weighted by atomic mass is 9.69. The topological polar surface area (TPSA) is 96.4 Å². The first kappa shape index (κ1) is 35.7. The summed E-state index contributed by atoms with van der Waals surface area (Å²) in [5.74, 6) is 0.970. The van der Waals surface area contributed by atoms with Crippen LogP contribution in [0.1, 0.15) is 81.3 Å². The Hall–Kier alpha value is -4.99. The summed E-state index contributed by atoms with van der Waals surface area (Å²) in [4.78, 5) is 46.5. The lowest BCUT2D eigenvalue weighted by Gasteiger charge is -2.43. The summed E-state index contributed by atoms with van der Waals surface area (Å²) in [6.45, 7) is 9.16. The molecule has 2 N–H and O–H groups in total. The number of imide groups is 1. The maximum atomic E-state index is 13.1. The third-order valence-electron chi connectivity index (χ3n) is 12.9. The molecule has 9 nitrogen and oxygen atoms in total. The predicted octanol–water partition coefficient (Wildman–Crippen LogP) is 5.70. The monoisotopic (exact) mass is 737 g/mol. The van der Waals surface area contributed by atoms with E-state index in [1.54, 1.807) is 4.90 Å². The number of piperidine rings is 1. The molecule has 4 aliphatic heterocycles.